The van der Waals surface area contributed by atoms with Crippen LogP contribution in [0.3, 0.4) is 0 Å². The number of alkyl halides is 3. The molecule has 0 bridgehead atoms. The number of aromatic carboxylic acids is 1. The Morgan fingerprint density at radius 3 is 2.48 bits per heavy atom. The van der Waals surface area contributed by atoms with E-state index in [4.69, 9.17) is 0 Å². The largest absolute Gasteiger partial charge is 0.478 e. The van der Waals surface area contributed by atoms with Gasteiger partial charge in [0.25, 0.3) is 0 Å². The lowest BCUT2D eigenvalue weighted by Crippen LogP contribution is -2.15. The minimum atomic E-state index is -4.79. The molecule has 7 nitrogen and oxygen atoms in total. The van der Waals surface area contributed by atoms with Crippen LogP contribution < -0.4 is 5.32 Å². The number of aromatic nitrogens is 2. The molecule has 0 aliphatic rings. The van der Waals surface area contributed by atoms with E-state index in [1.807, 2.05) is 0 Å². The average Bonchev–Trinajstić information content (AvgIpc) is 2.59. The smallest absolute Gasteiger partial charge is 0.433 e. The Bertz CT molecular complexity index is 981. The molecule has 2 N–H and O–H groups in total. The van der Waals surface area contributed by atoms with Crippen molar-refractivity contribution in [3.63, 3.8) is 0 Å². The number of carbonyl (C=O) groups is 1. The van der Waals surface area contributed by atoms with Crippen molar-refractivity contribution in [3.05, 3.63) is 45.8 Å². The number of halogens is 4. The van der Waals surface area contributed by atoms with Gasteiger partial charge in [-0.25, -0.2) is 18.2 Å². The van der Waals surface area contributed by atoms with Crippen molar-refractivity contribution in [1.29, 1.82) is 0 Å². The highest BCUT2D eigenvalue weighted by Gasteiger charge is 2.33. The Balaban J connectivity index is 2.39. The average molecular weight is 468 g/mol. The van der Waals surface area contributed by atoms with Crippen LogP contribution in [-0.4, -0.2) is 35.2 Å². The van der Waals surface area contributed by atoms with Crippen molar-refractivity contribution >= 4 is 37.6 Å². The third-order valence-corrected chi connectivity index (χ3v) is 5.66. The number of anilines is 1. The monoisotopic (exact) mass is 467 g/mol. The molecule has 0 aliphatic heterocycles. The van der Waals surface area contributed by atoms with E-state index in [0.29, 0.717) is 10.5 Å². The summed E-state index contributed by atoms with van der Waals surface area (Å²) in [6, 6.07) is 1.76. The zero-order valence-corrected chi connectivity index (χ0v) is 16.1. The van der Waals surface area contributed by atoms with Gasteiger partial charge in [0.2, 0.25) is 0 Å². The molecule has 0 radical (unpaired) electrons. The molecule has 27 heavy (non-hydrogen) atoms. The highest BCUT2D eigenvalue weighted by molar-refractivity contribution is 9.10. The lowest BCUT2D eigenvalue weighted by atomic mass is 10.1. The molecule has 0 saturated heterocycles. The Labute approximate surface area is 160 Å². The summed E-state index contributed by atoms with van der Waals surface area (Å²) in [6.07, 6.45) is -2.67. The number of rotatable bonds is 6. The van der Waals surface area contributed by atoms with Gasteiger partial charge in [-0.05, 0) is 28.1 Å². The van der Waals surface area contributed by atoms with Crippen LogP contribution >= 0.6 is 15.9 Å². The molecule has 0 atom stereocenters. The fourth-order valence-corrected chi connectivity index (χ4v) is 3.62. The van der Waals surface area contributed by atoms with Crippen molar-refractivity contribution in [2.75, 3.05) is 11.1 Å². The van der Waals surface area contributed by atoms with E-state index >= 15 is 0 Å². The number of sulfone groups is 1. The number of hydrogen-bond donors (Lipinski definition) is 2. The number of carboxylic acids is 1. The van der Waals surface area contributed by atoms with E-state index < -0.39 is 33.2 Å². The third kappa shape index (κ3) is 4.95. The zero-order chi connectivity index (χ0) is 20.4. The topological polar surface area (TPSA) is 109 Å². The number of carboxylic acid groups (broad SMARTS) is 1. The molecule has 0 spiro atoms. The van der Waals surface area contributed by atoms with E-state index in [1.165, 1.54) is 19.2 Å². The predicted molar refractivity (Wildman–Crippen MR) is 93.2 cm³/mol. The summed E-state index contributed by atoms with van der Waals surface area (Å²) < 4.78 is 63.0. The molecule has 0 unspecified atom stereocenters. The van der Waals surface area contributed by atoms with E-state index in [1.54, 1.807) is 0 Å². The first kappa shape index (κ1) is 21.1. The van der Waals surface area contributed by atoms with Gasteiger partial charge < -0.3 is 10.4 Å². The van der Waals surface area contributed by atoms with Gasteiger partial charge >= 0.3 is 12.1 Å². The van der Waals surface area contributed by atoms with Crippen LogP contribution in [0.4, 0.5) is 19.0 Å². The molecule has 2 rings (SSSR count). The second kappa shape index (κ2) is 7.80. The van der Waals surface area contributed by atoms with Crippen LogP contribution in [0, 0.1) is 0 Å². The number of hydrogen-bond acceptors (Lipinski definition) is 6. The van der Waals surface area contributed by atoms with E-state index in [9.17, 15) is 31.5 Å². The highest BCUT2D eigenvalue weighted by atomic mass is 79.9. The van der Waals surface area contributed by atoms with Crippen molar-refractivity contribution in [2.45, 2.75) is 24.5 Å². The van der Waals surface area contributed by atoms with Gasteiger partial charge in [-0.15, -0.1) is 0 Å². The Morgan fingerprint density at radius 2 is 1.93 bits per heavy atom. The first-order chi connectivity index (χ1) is 12.5. The lowest BCUT2D eigenvalue weighted by molar-refractivity contribution is -0.141. The lowest BCUT2D eigenvalue weighted by Gasteiger charge is -2.13. The number of pyridine rings is 2. The minimum Gasteiger partial charge on any atom is -0.478 e. The minimum absolute atomic E-state index is 0.0451. The standard InChI is InChI=1S/C15H13BrF3N3O4S/c1-2-27(25,26)11-3-9(16)7-22-13(11)21-6-8-5-20-12(15(17,18)19)4-10(8)14(23)24/h3-5,7H,2,6H2,1H3,(H,21,22)(H,23,24). The van der Waals surface area contributed by atoms with Crippen molar-refractivity contribution in [1.82, 2.24) is 9.97 Å². The quantitative estimate of drug-likeness (QED) is 0.669. The maximum atomic E-state index is 12.7. The van der Waals surface area contributed by atoms with Crippen LogP contribution in [0.25, 0.3) is 0 Å². The Kier molecular flexibility index (Phi) is 6.10. The highest BCUT2D eigenvalue weighted by Crippen LogP contribution is 2.29. The number of nitrogens with zero attached hydrogens (tertiary/aromatic N) is 2. The first-order valence-electron chi connectivity index (χ1n) is 7.37. The molecule has 0 amide bonds. The predicted octanol–water partition coefficient (Wildman–Crippen LogP) is 3.36. The van der Waals surface area contributed by atoms with Gasteiger partial charge in [0, 0.05) is 29.0 Å². The van der Waals surface area contributed by atoms with Crippen LogP contribution in [0.15, 0.2) is 33.9 Å². The van der Waals surface area contributed by atoms with Gasteiger partial charge in [0.15, 0.2) is 9.84 Å². The molecular formula is C15H13BrF3N3O4S. The SMILES string of the molecule is CCS(=O)(=O)c1cc(Br)cnc1NCc1cnc(C(F)(F)F)cc1C(=O)O. The molecule has 2 aromatic rings. The Morgan fingerprint density at radius 1 is 1.26 bits per heavy atom. The molecule has 0 saturated carbocycles. The normalized spacial score (nSPS) is 12.0. The molecule has 2 aromatic heterocycles. The van der Waals surface area contributed by atoms with Gasteiger partial charge in [-0.1, -0.05) is 6.92 Å². The maximum absolute atomic E-state index is 12.7. The molecule has 146 valence electrons. The fourth-order valence-electron chi connectivity index (χ4n) is 2.10. The maximum Gasteiger partial charge on any atom is 0.433 e. The summed E-state index contributed by atoms with van der Waals surface area (Å²) in [5.41, 5.74) is -1.98. The summed E-state index contributed by atoms with van der Waals surface area (Å²) in [4.78, 5) is 18.4. The van der Waals surface area contributed by atoms with Crippen molar-refractivity contribution in [2.24, 2.45) is 0 Å². The van der Waals surface area contributed by atoms with Crippen LogP contribution in [0.5, 0.6) is 0 Å². The summed E-state index contributed by atoms with van der Waals surface area (Å²) in [7, 11) is -3.64. The van der Waals surface area contributed by atoms with Gasteiger partial charge in [-0.3, -0.25) is 4.98 Å². The molecule has 0 aromatic carbocycles. The molecule has 0 aliphatic carbocycles. The van der Waals surface area contributed by atoms with E-state index in [0.717, 1.165) is 6.20 Å². The fraction of sp³-hybridized carbons (Fsp3) is 0.267. The van der Waals surface area contributed by atoms with Crippen LogP contribution in [0.2, 0.25) is 0 Å². The summed E-state index contributed by atoms with van der Waals surface area (Å²) in [5, 5.41) is 11.8. The number of nitrogens with one attached hydrogen (secondary N) is 1. The zero-order valence-electron chi connectivity index (χ0n) is 13.7. The molecule has 2 heterocycles. The summed E-state index contributed by atoms with van der Waals surface area (Å²) >= 11 is 3.12. The van der Waals surface area contributed by atoms with Gasteiger partial charge in [0.1, 0.15) is 16.4 Å². The van der Waals surface area contributed by atoms with Gasteiger partial charge in [-0.2, -0.15) is 13.2 Å². The molecule has 0 fully saturated rings. The van der Waals surface area contributed by atoms with Crippen molar-refractivity contribution < 1.29 is 31.5 Å². The second-order valence-corrected chi connectivity index (χ2v) is 8.45. The van der Waals surface area contributed by atoms with Gasteiger partial charge in [0.05, 0.1) is 11.3 Å². The molecule has 12 heteroatoms. The Hall–Kier alpha value is -2.21. The van der Waals surface area contributed by atoms with Crippen LogP contribution in [0.1, 0.15) is 28.5 Å². The summed E-state index contributed by atoms with van der Waals surface area (Å²) in [5.74, 6) is -1.80. The molecular weight excluding hydrogens is 455 g/mol. The van der Waals surface area contributed by atoms with E-state index in [-0.39, 0.29) is 28.6 Å². The van der Waals surface area contributed by atoms with E-state index in [2.05, 4.69) is 31.2 Å². The second-order valence-electron chi connectivity index (χ2n) is 5.29. The van der Waals surface area contributed by atoms with Crippen LogP contribution in [-0.2, 0) is 22.6 Å². The summed E-state index contributed by atoms with van der Waals surface area (Å²) in [6.45, 7) is 1.16. The third-order valence-electron chi connectivity index (χ3n) is 3.49. The first-order valence-corrected chi connectivity index (χ1v) is 9.81. The van der Waals surface area contributed by atoms with Crippen molar-refractivity contribution in [3.8, 4) is 0 Å².